The van der Waals surface area contributed by atoms with Crippen molar-refractivity contribution < 1.29 is 4.52 Å². The predicted molar refractivity (Wildman–Crippen MR) is 61.0 cm³/mol. The van der Waals surface area contributed by atoms with Gasteiger partial charge < -0.3 is 9.84 Å². The van der Waals surface area contributed by atoms with Crippen LogP contribution in [0, 0.1) is 0 Å². The maximum atomic E-state index is 5.26. The number of nitrogens with one attached hydrogen (secondary N) is 1. The molecule has 0 radical (unpaired) electrons. The van der Waals surface area contributed by atoms with Crippen LogP contribution in [0.5, 0.6) is 0 Å². The fourth-order valence-corrected chi connectivity index (χ4v) is 2.49. The van der Waals surface area contributed by atoms with Gasteiger partial charge in [-0.25, -0.2) is 0 Å². The zero-order valence-electron chi connectivity index (χ0n) is 9.03. The third kappa shape index (κ3) is 2.95. The molecule has 0 aromatic carbocycles. The van der Waals surface area contributed by atoms with Crippen LogP contribution >= 0.6 is 11.8 Å². The van der Waals surface area contributed by atoms with Gasteiger partial charge in [0, 0.05) is 24.5 Å². The summed E-state index contributed by atoms with van der Waals surface area (Å²) >= 11 is 1.93. The first-order chi connectivity index (χ1) is 7.40. The topological polar surface area (TPSA) is 51.0 Å². The highest BCUT2D eigenvalue weighted by atomic mass is 32.2. The molecule has 84 valence electrons. The minimum absolute atomic E-state index is 0.256. The summed E-state index contributed by atoms with van der Waals surface area (Å²) in [5.74, 6) is 3.82. The summed E-state index contributed by atoms with van der Waals surface area (Å²) in [6, 6.07) is 0.256. The minimum Gasteiger partial charge on any atom is -0.338 e. The Morgan fingerprint density at radius 1 is 1.60 bits per heavy atom. The van der Waals surface area contributed by atoms with Crippen molar-refractivity contribution in [2.75, 3.05) is 18.1 Å². The van der Waals surface area contributed by atoms with E-state index in [2.05, 4.69) is 22.4 Å². The molecule has 5 heteroatoms. The number of aryl methyl sites for hydroxylation is 1. The summed E-state index contributed by atoms with van der Waals surface area (Å²) in [6.45, 7) is 3.20. The van der Waals surface area contributed by atoms with Gasteiger partial charge >= 0.3 is 0 Å². The molecule has 15 heavy (non-hydrogen) atoms. The Bertz CT molecular complexity index is 297. The van der Waals surface area contributed by atoms with Crippen LogP contribution in [0.3, 0.4) is 0 Å². The molecule has 0 bridgehead atoms. The molecule has 1 unspecified atom stereocenters. The van der Waals surface area contributed by atoms with Crippen molar-refractivity contribution in [2.45, 2.75) is 32.2 Å². The summed E-state index contributed by atoms with van der Waals surface area (Å²) in [6.07, 6.45) is 3.23. The third-order valence-corrected chi connectivity index (χ3v) is 3.52. The molecule has 1 aliphatic rings. The van der Waals surface area contributed by atoms with Crippen LogP contribution in [0.1, 0.15) is 37.5 Å². The van der Waals surface area contributed by atoms with Gasteiger partial charge in [-0.1, -0.05) is 18.5 Å². The number of rotatable bonds is 4. The lowest BCUT2D eigenvalue weighted by molar-refractivity contribution is 0.338. The summed E-state index contributed by atoms with van der Waals surface area (Å²) in [5.41, 5.74) is 0. The van der Waals surface area contributed by atoms with E-state index in [0.29, 0.717) is 0 Å². The van der Waals surface area contributed by atoms with E-state index in [-0.39, 0.29) is 6.04 Å². The van der Waals surface area contributed by atoms with Gasteiger partial charge in [0.25, 0.3) is 0 Å². The molecule has 0 amide bonds. The van der Waals surface area contributed by atoms with Gasteiger partial charge in [0.15, 0.2) is 5.82 Å². The summed E-state index contributed by atoms with van der Waals surface area (Å²) < 4.78 is 5.26. The highest BCUT2D eigenvalue weighted by Crippen LogP contribution is 2.20. The SMILES string of the molecule is CCCCc1noc(C2CSCCN2)n1. The molecule has 0 aliphatic carbocycles. The molecule has 0 spiro atoms. The van der Waals surface area contributed by atoms with Gasteiger partial charge in [0.1, 0.15) is 0 Å². The van der Waals surface area contributed by atoms with E-state index in [1.165, 1.54) is 12.2 Å². The van der Waals surface area contributed by atoms with E-state index in [1.807, 2.05) is 11.8 Å². The summed E-state index contributed by atoms with van der Waals surface area (Å²) in [7, 11) is 0. The highest BCUT2D eigenvalue weighted by Gasteiger charge is 2.20. The van der Waals surface area contributed by atoms with Crippen LogP contribution in [-0.2, 0) is 6.42 Å². The van der Waals surface area contributed by atoms with E-state index in [4.69, 9.17) is 4.52 Å². The molecule has 1 fully saturated rings. The molecule has 0 saturated carbocycles. The quantitative estimate of drug-likeness (QED) is 0.850. The Balaban J connectivity index is 1.93. The highest BCUT2D eigenvalue weighted by molar-refractivity contribution is 7.99. The number of hydrogen-bond donors (Lipinski definition) is 1. The van der Waals surface area contributed by atoms with Crippen LogP contribution in [0.15, 0.2) is 4.52 Å². The Kier molecular flexibility index (Phi) is 4.02. The predicted octanol–water partition coefficient (Wildman–Crippen LogP) is 1.79. The largest absolute Gasteiger partial charge is 0.338 e. The first kappa shape index (κ1) is 11.0. The van der Waals surface area contributed by atoms with Crippen molar-refractivity contribution in [3.63, 3.8) is 0 Å². The maximum Gasteiger partial charge on any atom is 0.244 e. The maximum absolute atomic E-state index is 5.26. The Hall–Kier alpha value is -0.550. The normalized spacial score (nSPS) is 21.8. The standard InChI is InChI=1S/C10H17N3OS/c1-2-3-4-9-12-10(14-13-9)8-7-15-6-5-11-8/h8,11H,2-7H2,1H3. The Labute approximate surface area is 94.2 Å². The van der Waals surface area contributed by atoms with Crippen LogP contribution in [0.25, 0.3) is 0 Å². The van der Waals surface area contributed by atoms with E-state index >= 15 is 0 Å². The molecule has 1 atom stereocenters. The van der Waals surface area contributed by atoms with Crippen LogP contribution in [0.4, 0.5) is 0 Å². The van der Waals surface area contributed by atoms with Crippen LogP contribution in [0.2, 0.25) is 0 Å². The first-order valence-electron chi connectivity index (χ1n) is 5.53. The zero-order valence-corrected chi connectivity index (χ0v) is 9.85. The molecule has 1 N–H and O–H groups in total. The lowest BCUT2D eigenvalue weighted by Crippen LogP contribution is -2.30. The minimum atomic E-state index is 0.256. The van der Waals surface area contributed by atoms with E-state index in [0.717, 1.165) is 36.9 Å². The van der Waals surface area contributed by atoms with Gasteiger partial charge in [0.05, 0.1) is 6.04 Å². The van der Waals surface area contributed by atoms with Crippen molar-refractivity contribution in [3.05, 3.63) is 11.7 Å². The van der Waals surface area contributed by atoms with E-state index in [9.17, 15) is 0 Å². The Morgan fingerprint density at radius 3 is 3.27 bits per heavy atom. The van der Waals surface area contributed by atoms with E-state index < -0.39 is 0 Å². The molecular weight excluding hydrogens is 210 g/mol. The fraction of sp³-hybridized carbons (Fsp3) is 0.800. The number of unbranched alkanes of at least 4 members (excludes halogenated alkanes) is 1. The second kappa shape index (κ2) is 5.51. The number of thioether (sulfide) groups is 1. The molecule has 2 rings (SSSR count). The molecule has 1 aliphatic heterocycles. The average Bonchev–Trinajstić information content (AvgIpc) is 2.76. The van der Waals surface area contributed by atoms with Crippen LogP contribution < -0.4 is 5.32 Å². The Morgan fingerprint density at radius 2 is 2.53 bits per heavy atom. The summed E-state index contributed by atoms with van der Waals surface area (Å²) in [5, 5.41) is 7.38. The monoisotopic (exact) mass is 227 g/mol. The van der Waals surface area contributed by atoms with Gasteiger partial charge in [-0.15, -0.1) is 0 Å². The molecule has 1 saturated heterocycles. The van der Waals surface area contributed by atoms with Gasteiger partial charge in [0.2, 0.25) is 5.89 Å². The number of hydrogen-bond acceptors (Lipinski definition) is 5. The third-order valence-electron chi connectivity index (χ3n) is 2.46. The number of aromatic nitrogens is 2. The summed E-state index contributed by atoms with van der Waals surface area (Å²) in [4.78, 5) is 4.42. The molecule has 2 heterocycles. The lowest BCUT2D eigenvalue weighted by Gasteiger charge is -2.19. The van der Waals surface area contributed by atoms with Gasteiger partial charge in [-0.05, 0) is 6.42 Å². The number of nitrogens with zero attached hydrogens (tertiary/aromatic N) is 2. The van der Waals surface area contributed by atoms with Crippen molar-refractivity contribution in [3.8, 4) is 0 Å². The van der Waals surface area contributed by atoms with Crippen molar-refractivity contribution in [1.29, 1.82) is 0 Å². The smallest absolute Gasteiger partial charge is 0.244 e. The van der Waals surface area contributed by atoms with Gasteiger partial charge in [-0.2, -0.15) is 16.7 Å². The van der Waals surface area contributed by atoms with Crippen molar-refractivity contribution >= 4 is 11.8 Å². The lowest BCUT2D eigenvalue weighted by atomic mass is 10.2. The fourth-order valence-electron chi connectivity index (χ4n) is 1.57. The van der Waals surface area contributed by atoms with Crippen molar-refractivity contribution in [1.82, 2.24) is 15.5 Å². The molecule has 1 aromatic rings. The molecular formula is C10H17N3OS. The van der Waals surface area contributed by atoms with Gasteiger partial charge in [-0.3, -0.25) is 0 Å². The second-order valence-electron chi connectivity index (χ2n) is 3.73. The van der Waals surface area contributed by atoms with E-state index in [1.54, 1.807) is 0 Å². The second-order valence-corrected chi connectivity index (χ2v) is 4.88. The average molecular weight is 227 g/mol. The molecule has 4 nitrogen and oxygen atoms in total. The first-order valence-corrected chi connectivity index (χ1v) is 6.69. The molecule has 1 aromatic heterocycles. The van der Waals surface area contributed by atoms with Crippen molar-refractivity contribution in [2.24, 2.45) is 0 Å². The zero-order chi connectivity index (χ0) is 10.5. The van der Waals surface area contributed by atoms with Crippen LogP contribution in [-0.4, -0.2) is 28.2 Å².